The second kappa shape index (κ2) is 4.58. The first kappa shape index (κ1) is 12.8. The Kier molecular flexibility index (Phi) is 3.27. The van der Waals surface area contributed by atoms with Crippen LogP contribution in [0.1, 0.15) is 18.7 Å². The zero-order valence-corrected chi connectivity index (χ0v) is 9.91. The van der Waals surface area contributed by atoms with Crippen LogP contribution < -0.4 is 10.6 Å². The van der Waals surface area contributed by atoms with Crippen molar-refractivity contribution in [1.82, 2.24) is 15.0 Å². The molecule has 1 saturated heterocycles. The van der Waals surface area contributed by atoms with Gasteiger partial charge in [0.05, 0.1) is 5.92 Å². The Morgan fingerprint density at radius 1 is 1.28 bits per heavy atom. The minimum atomic E-state index is -4.17. The van der Waals surface area contributed by atoms with Crippen molar-refractivity contribution in [3.8, 4) is 0 Å². The maximum atomic E-state index is 12.7. The highest BCUT2D eigenvalue weighted by atomic mass is 19.4. The number of nitrogen functional groups attached to an aromatic ring is 1. The van der Waals surface area contributed by atoms with E-state index in [0.717, 1.165) is 0 Å². The molecule has 1 aromatic heterocycles. The molecule has 1 aliphatic rings. The molecule has 1 fully saturated rings. The molecule has 1 aliphatic heterocycles. The first-order valence-corrected chi connectivity index (χ1v) is 5.66. The number of nitrogens with zero attached hydrogens (tertiary/aromatic N) is 4. The van der Waals surface area contributed by atoms with Crippen LogP contribution in [0.25, 0.3) is 0 Å². The summed E-state index contributed by atoms with van der Waals surface area (Å²) in [7, 11) is 0. The topological polar surface area (TPSA) is 67.9 Å². The van der Waals surface area contributed by atoms with Crippen molar-refractivity contribution in [3.63, 3.8) is 0 Å². The van der Waals surface area contributed by atoms with Crippen LogP contribution in [0.2, 0.25) is 0 Å². The van der Waals surface area contributed by atoms with Gasteiger partial charge in [0.15, 0.2) is 0 Å². The number of aromatic nitrogens is 3. The lowest BCUT2D eigenvalue weighted by Crippen LogP contribution is -2.42. The standard InChI is InChI=1S/C10H14F3N5/c1-6-15-8(14)17-9(16-6)18-4-2-3-7(5-18)10(11,12)13/h7H,2-5H2,1H3,(H2,14,15,16,17)/t7-/m1/s1. The third kappa shape index (κ3) is 2.80. The first-order chi connectivity index (χ1) is 8.36. The van der Waals surface area contributed by atoms with E-state index in [1.807, 2.05) is 0 Å². The minimum absolute atomic E-state index is 0.0339. The molecule has 2 rings (SSSR count). The van der Waals surface area contributed by atoms with Crippen LogP contribution >= 0.6 is 0 Å². The third-order valence-electron chi connectivity index (χ3n) is 2.92. The van der Waals surface area contributed by atoms with Crippen LogP contribution in [0.3, 0.4) is 0 Å². The van der Waals surface area contributed by atoms with Crippen molar-refractivity contribution in [2.75, 3.05) is 23.7 Å². The van der Waals surface area contributed by atoms with Gasteiger partial charge in [0.25, 0.3) is 0 Å². The summed E-state index contributed by atoms with van der Waals surface area (Å²) in [6, 6.07) is 0. The molecule has 100 valence electrons. The fourth-order valence-electron chi connectivity index (χ4n) is 2.06. The van der Waals surface area contributed by atoms with Gasteiger partial charge in [0.1, 0.15) is 5.82 Å². The van der Waals surface area contributed by atoms with E-state index in [1.54, 1.807) is 6.92 Å². The van der Waals surface area contributed by atoms with Crippen molar-refractivity contribution >= 4 is 11.9 Å². The van der Waals surface area contributed by atoms with E-state index in [-0.39, 0.29) is 24.9 Å². The molecule has 2 N–H and O–H groups in total. The molecule has 18 heavy (non-hydrogen) atoms. The molecule has 0 bridgehead atoms. The van der Waals surface area contributed by atoms with E-state index in [4.69, 9.17) is 5.73 Å². The average Bonchev–Trinajstić information content (AvgIpc) is 2.27. The molecule has 2 heterocycles. The van der Waals surface area contributed by atoms with Gasteiger partial charge in [-0.1, -0.05) is 0 Å². The van der Waals surface area contributed by atoms with Crippen molar-refractivity contribution in [3.05, 3.63) is 5.82 Å². The number of halogens is 3. The highest BCUT2D eigenvalue weighted by Crippen LogP contribution is 2.34. The fraction of sp³-hybridized carbons (Fsp3) is 0.700. The maximum Gasteiger partial charge on any atom is 0.393 e. The summed E-state index contributed by atoms with van der Waals surface area (Å²) in [5, 5.41) is 0. The zero-order chi connectivity index (χ0) is 13.3. The van der Waals surface area contributed by atoms with Crippen LogP contribution in [0.15, 0.2) is 0 Å². The summed E-state index contributed by atoms with van der Waals surface area (Å²) in [5.74, 6) is -0.656. The number of rotatable bonds is 1. The van der Waals surface area contributed by atoms with Gasteiger partial charge in [0.2, 0.25) is 11.9 Å². The van der Waals surface area contributed by atoms with Gasteiger partial charge in [-0.25, -0.2) is 0 Å². The van der Waals surface area contributed by atoms with Gasteiger partial charge >= 0.3 is 6.18 Å². The molecule has 0 unspecified atom stereocenters. The SMILES string of the molecule is Cc1nc(N)nc(N2CCC[C@@H](C(F)(F)F)C2)n1. The summed E-state index contributed by atoms with van der Waals surface area (Å²) in [6.07, 6.45) is -3.55. The molecule has 0 aliphatic carbocycles. The molecule has 0 saturated carbocycles. The Labute approximate surface area is 102 Å². The van der Waals surface area contributed by atoms with E-state index < -0.39 is 12.1 Å². The quantitative estimate of drug-likeness (QED) is 0.830. The van der Waals surface area contributed by atoms with E-state index >= 15 is 0 Å². The summed E-state index contributed by atoms with van der Waals surface area (Å²) in [6.45, 7) is 2.02. The van der Waals surface area contributed by atoms with Crippen molar-refractivity contribution in [2.24, 2.45) is 5.92 Å². The largest absolute Gasteiger partial charge is 0.393 e. The monoisotopic (exact) mass is 261 g/mol. The first-order valence-electron chi connectivity index (χ1n) is 5.66. The number of alkyl halides is 3. The van der Waals surface area contributed by atoms with Gasteiger partial charge < -0.3 is 10.6 Å². The molecule has 0 amide bonds. The Hall–Kier alpha value is -1.60. The number of hydrogen-bond acceptors (Lipinski definition) is 5. The molecule has 8 heteroatoms. The van der Waals surface area contributed by atoms with Crippen LogP contribution in [0, 0.1) is 12.8 Å². The lowest BCUT2D eigenvalue weighted by Gasteiger charge is -2.33. The molecule has 1 atom stereocenters. The van der Waals surface area contributed by atoms with Crippen LogP contribution in [0.5, 0.6) is 0 Å². The maximum absolute atomic E-state index is 12.7. The molecule has 0 radical (unpaired) electrons. The summed E-state index contributed by atoms with van der Waals surface area (Å²) >= 11 is 0. The second-order valence-electron chi connectivity index (χ2n) is 4.37. The van der Waals surface area contributed by atoms with Gasteiger partial charge in [-0.2, -0.15) is 28.1 Å². The number of aryl methyl sites for hydroxylation is 1. The summed E-state index contributed by atoms with van der Waals surface area (Å²) in [5.41, 5.74) is 5.48. The van der Waals surface area contributed by atoms with Crippen LogP contribution in [-0.2, 0) is 0 Å². The molecule has 1 aromatic rings. The smallest absolute Gasteiger partial charge is 0.368 e. The number of hydrogen-bond donors (Lipinski definition) is 1. The van der Waals surface area contributed by atoms with E-state index in [9.17, 15) is 13.2 Å². The van der Waals surface area contributed by atoms with E-state index in [2.05, 4.69) is 15.0 Å². The Morgan fingerprint density at radius 3 is 2.61 bits per heavy atom. The zero-order valence-electron chi connectivity index (χ0n) is 9.91. The van der Waals surface area contributed by atoms with E-state index in [0.29, 0.717) is 18.8 Å². The van der Waals surface area contributed by atoms with Crippen molar-refractivity contribution in [1.29, 1.82) is 0 Å². The lowest BCUT2D eigenvalue weighted by molar-refractivity contribution is -0.176. The van der Waals surface area contributed by atoms with Crippen molar-refractivity contribution < 1.29 is 13.2 Å². The van der Waals surface area contributed by atoms with Crippen LogP contribution in [0.4, 0.5) is 25.1 Å². The Morgan fingerprint density at radius 2 is 2.00 bits per heavy atom. The number of nitrogens with two attached hydrogens (primary N) is 1. The van der Waals surface area contributed by atoms with Crippen LogP contribution in [-0.4, -0.2) is 34.2 Å². The fourth-order valence-corrected chi connectivity index (χ4v) is 2.06. The van der Waals surface area contributed by atoms with E-state index in [1.165, 1.54) is 4.90 Å². The predicted octanol–water partition coefficient (Wildman–Crippen LogP) is 1.54. The molecule has 5 nitrogen and oxygen atoms in total. The highest BCUT2D eigenvalue weighted by molar-refractivity contribution is 5.35. The Bertz CT molecular complexity index is 414. The third-order valence-corrected chi connectivity index (χ3v) is 2.92. The number of piperidine rings is 1. The summed E-state index contributed by atoms with van der Waals surface area (Å²) in [4.78, 5) is 13.2. The summed E-state index contributed by atoms with van der Waals surface area (Å²) < 4.78 is 38.1. The van der Waals surface area contributed by atoms with Gasteiger partial charge in [0, 0.05) is 13.1 Å². The molecule has 0 aromatic carbocycles. The predicted molar refractivity (Wildman–Crippen MR) is 60.0 cm³/mol. The molecular weight excluding hydrogens is 247 g/mol. The minimum Gasteiger partial charge on any atom is -0.368 e. The second-order valence-corrected chi connectivity index (χ2v) is 4.37. The highest BCUT2D eigenvalue weighted by Gasteiger charge is 2.42. The van der Waals surface area contributed by atoms with Gasteiger partial charge in [-0.15, -0.1) is 0 Å². The molecule has 0 spiro atoms. The molecular formula is C10H14F3N5. The lowest BCUT2D eigenvalue weighted by atomic mass is 9.98. The van der Waals surface area contributed by atoms with Gasteiger partial charge in [-0.05, 0) is 19.8 Å². The number of anilines is 2. The average molecular weight is 261 g/mol. The van der Waals surface area contributed by atoms with Crippen molar-refractivity contribution in [2.45, 2.75) is 25.9 Å². The normalized spacial score (nSPS) is 21.1. The Balaban J connectivity index is 2.18. The van der Waals surface area contributed by atoms with Gasteiger partial charge in [-0.3, -0.25) is 0 Å².